The quantitative estimate of drug-likeness (QED) is 0.213. The molecule has 0 aliphatic heterocycles. The molecule has 0 amide bonds. The van der Waals surface area contributed by atoms with E-state index in [4.69, 9.17) is 5.11 Å². The molecule has 2 aromatic carbocycles. The Labute approximate surface area is 163 Å². The Morgan fingerprint density at radius 1 is 1.03 bits per heavy atom. The fraction of sp³-hybridized carbons (Fsp3) is 0.100. The van der Waals surface area contributed by atoms with E-state index in [0.29, 0.717) is 11.1 Å². The maximum Gasteiger partial charge on any atom is 0.372 e. The number of carboxylic acids is 1. The molecule has 9 heteroatoms. The van der Waals surface area contributed by atoms with Crippen LogP contribution in [0.2, 0.25) is 0 Å². The van der Waals surface area contributed by atoms with Crippen molar-refractivity contribution in [2.24, 2.45) is 0 Å². The number of pyridine rings is 1. The number of Topliss-reactive ketones (excluding diaryl/α,β-unsaturated/α-hetero) is 2. The van der Waals surface area contributed by atoms with Crippen molar-refractivity contribution in [3.05, 3.63) is 86.2 Å². The number of benzene rings is 2. The summed E-state index contributed by atoms with van der Waals surface area (Å²) >= 11 is 0. The Bertz CT molecular complexity index is 1210. The normalized spacial score (nSPS) is 10.6. The minimum absolute atomic E-state index is 0.0680. The van der Waals surface area contributed by atoms with Gasteiger partial charge in [-0.25, -0.2) is 4.79 Å². The van der Waals surface area contributed by atoms with Crippen molar-refractivity contribution in [3.63, 3.8) is 0 Å². The number of aromatic nitrogens is 1. The minimum Gasteiger partial charge on any atom is -0.475 e. The van der Waals surface area contributed by atoms with E-state index in [-0.39, 0.29) is 23.2 Å². The van der Waals surface area contributed by atoms with E-state index in [0.717, 1.165) is 0 Å². The summed E-state index contributed by atoms with van der Waals surface area (Å²) in [5.41, 5.74) is 0.256. The lowest BCUT2D eigenvalue weighted by Gasteiger charge is -2.13. The van der Waals surface area contributed by atoms with E-state index in [9.17, 15) is 29.3 Å². The molecule has 1 aromatic heterocycles. The summed E-state index contributed by atoms with van der Waals surface area (Å²) in [6, 6.07) is 12.3. The molecule has 9 nitrogen and oxygen atoms in total. The molecule has 0 spiro atoms. The first kappa shape index (κ1) is 19.6. The van der Waals surface area contributed by atoms with Gasteiger partial charge in [-0.3, -0.25) is 24.5 Å². The molecule has 0 aliphatic rings. The molecule has 1 heterocycles. The number of nitro groups is 1. The van der Waals surface area contributed by atoms with Gasteiger partial charge in [-0.15, -0.1) is 0 Å². The van der Waals surface area contributed by atoms with E-state index in [1.54, 1.807) is 34.9 Å². The van der Waals surface area contributed by atoms with Crippen LogP contribution in [-0.2, 0) is 16.1 Å². The lowest BCUT2D eigenvalue weighted by atomic mass is 10.0. The van der Waals surface area contributed by atoms with Gasteiger partial charge >= 0.3 is 5.97 Å². The first-order valence-corrected chi connectivity index (χ1v) is 8.42. The van der Waals surface area contributed by atoms with Crippen molar-refractivity contribution in [3.8, 4) is 0 Å². The first-order chi connectivity index (χ1) is 13.8. The maximum atomic E-state index is 12.7. The number of aliphatic carboxylic acids is 1. The molecule has 0 aliphatic carbocycles. The summed E-state index contributed by atoms with van der Waals surface area (Å²) < 4.78 is 1.61. The Balaban J connectivity index is 2.06. The van der Waals surface area contributed by atoms with E-state index >= 15 is 0 Å². The van der Waals surface area contributed by atoms with Crippen LogP contribution >= 0.6 is 0 Å². The van der Waals surface area contributed by atoms with Crippen molar-refractivity contribution in [2.75, 3.05) is 0 Å². The number of carboxylic acid groups (broad SMARTS) is 1. The van der Waals surface area contributed by atoms with Gasteiger partial charge in [0.05, 0.1) is 22.4 Å². The fourth-order valence-corrected chi connectivity index (χ4v) is 2.91. The number of ketones is 2. The van der Waals surface area contributed by atoms with E-state index in [1.807, 2.05) is 0 Å². The molecule has 0 unspecified atom stereocenters. The second kappa shape index (κ2) is 7.85. The summed E-state index contributed by atoms with van der Waals surface area (Å²) in [4.78, 5) is 57.4. The van der Waals surface area contributed by atoms with E-state index in [1.165, 1.54) is 24.4 Å². The highest BCUT2D eigenvalue weighted by Crippen LogP contribution is 2.17. The molecule has 3 rings (SSSR count). The average Bonchev–Trinajstić information content (AvgIpc) is 2.70. The van der Waals surface area contributed by atoms with Gasteiger partial charge in [-0.2, -0.15) is 0 Å². The molecule has 0 bridgehead atoms. The Kier molecular flexibility index (Phi) is 5.31. The van der Waals surface area contributed by atoms with Crippen LogP contribution in [0.1, 0.15) is 22.3 Å². The summed E-state index contributed by atoms with van der Waals surface area (Å²) in [6.07, 6.45) is 0.365. The highest BCUT2D eigenvalue weighted by molar-refractivity contribution is 6.37. The zero-order valence-corrected chi connectivity index (χ0v) is 14.9. The molecule has 1 N–H and O–H groups in total. The molecule has 0 radical (unpaired) electrons. The summed E-state index contributed by atoms with van der Waals surface area (Å²) in [5.74, 6) is -3.93. The molecule has 3 aromatic rings. The van der Waals surface area contributed by atoms with Crippen molar-refractivity contribution in [1.82, 2.24) is 4.57 Å². The monoisotopic (exact) mass is 394 g/mol. The van der Waals surface area contributed by atoms with Crippen molar-refractivity contribution in [2.45, 2.75) is 13.0 Å². The van der Waals surface area contributed by atoms with Crippen molar-refractivity contribution < 1.29 is 24.4 Å². The van der Waals surface area contributed by atoms with Crippen LogP contribution in [-0.4, -0.2) is 32.1 Å². The number of fused-ring (bicyclic) bond motifs is 1. The third-order valence-electron chi connectivity index (χ3n) is 4.35. The lowest BCUT2D eigenvalue weighted by molar-refractivity contribution is -0.384. The summed E-state index contributed by atoms with van der Waals surface area (Å²) in [5, 5.41) is 19.7. The highest BCUT2D eigenvalue weighted by atomic mass is 16.6. The van der Waals surface area contributed by atoms with Gasteiger partial charge < -0.3 is 9.67 Å². The van der Waals surface area contributed by atoms with Crippen molar-refractivity contribution >= 4 is 34.1 Å². The van der Waals surface area contributed by atoms with Gasteiger partial charge in [-0.05, 0) is 17.7 Å². The third-order valence-corrected chi connectivity index (χ3v) is 4.35. The zero-order valence-electron chi connectivity index (χ0n) is 14.9. The molecule has 0 atom stereocenters. The lowest BCUT2D eigenvalue weighted by Crippen LogP contribution is -2.23. The maximum absolute atomic E-state index is 12.7. The van der Waals surface area contributed by atoms with Crippen LogP contribution in [0.3, 0.4) is 0 Å². The number of rotatable bonds is 7. The van der Waals surface area contributed by atoms with Crippen LogP contribution in [0.15, 0.2) is 59.5 Å². The number of non-ortho nitro benzene ring substituents is 1. The minimum atomic E-state index is -1.75. The van der Waals surface area contributed by atoms with Crippen LogP contribution in [0, 0.1) is 10.1 Å². The second-order valence-electron chi connectivity index (χ2n) is 6.27. The molecule has 0 saturated heterocycles. The smallest absolute Gasteiger partial charge is 0.372 e. The van der Waals surface area contributed by atoms with Crippen LogP contribution in [0.25, 0.3) is 10.9 Å². The number of carbonyl (C=O) groups excluding carboxylic acids is 2. The van der Waals surface area contributed by atoms with Gasteiger partial charge in [-0.1, -0.05) is 24.3 Å². The molecule has 0 fully saturated rings. The number of para-hydroxylation sites is 1. The van der Waals surface area contributed by atoms with Gasteiger partial charge in [0.25, 0.3) is 5.69 Å². The second-order valence-corrected chi connectivity index (χ2v) is 6.27. The topological polar surface area (TPSA) is 137 Å². The Hall–Kier alpha value is -4.14. The van der Waals surface area contributed by atoms with Gasteiger partial charge in [0.2, 0.25) is 5.78 Å². The predicted molar refractivity (Wildman–Crippen MR) is 102 cm³/mol. The van der Waals surface area contributed by atoms with E-state index in [2.05, 4.69) is 0 Å². The molecular weight excluding hydrogens is 380 g/mol. The number of hydrogen-bond acceptors (Lipinski definition) is 6. The van der Waals surface area contributed by atoms with Crippen molar-refractivity contribution in [1.29, 1.82) is 0 Å². The molecule has 0 saturated carbocycles. The SMILES string of the molecule is O=C(O)C(=O)CC(=O)c1cn(Cc2ccc([N+](=O)[O-])cc2)c2ccccc2c1=O. The largest absolute Gasteiger partial charge is 0.475 e. The van der Waals surface area contributed by atoms with Crippen LogP contribution < -0.4 is 5.43 Å². The van der Waals surface area contributed by atoms with Crippen LogP contribution in [0.5, 0.6) is 0 Å². The first-order valence-electron chi connectivity index (χ1n) is 8.42. The van der Waals surface area contributed by atoms with E-state index < -0.39 is 34.3 Å². The highest BCUT2D eigenvalue weighted by Gasteiger charge is 2.21. The fourth-order valence-electron chi connectivity index (χ4n) is 2.91. The number of carbonyl (C=O) groups is 3. The number of nitro benzene ring substituents is 1. The van der Waals surface area contributed by atoms with Gasteiger partial charge in [0, 0.05) is 30.3 Å². The van der Waals surface area contributed by atoms with Crippen LogP contribution in [0.4, 0.5) is 5.69 Å². The standard InChI is InChI=1S/C20H14N2O7/c23-17(9-18(24)20(26)27)15-11-21(16-4-2-1-3-14(16)19(15)25)10-12-5-7-13(8-6-12)22(28)29/h1-8,11H,9-10H2,(H,26,27). The Morgan fingerprint density at radius 2 is 1.69 bits per heavy atom. The number of nitrogens with zero attached hydrogens (tertiary/aromatic N) is 2. The third kappa shape index (κ3) is 4.08. The van der Waals surface area contributed by atoms with Gasteiger partial charge in [0.1, 0.15) is 0 Å². The predicted octanol–water partition coefficient (Wildman–Crippen LogP) is 2.18. The average molecular weight is 394 g/mol. The molecule has 29 heavy (non-hydrogen) atoms. The van der Waals surface area contributed by atoms with Gasteiger partial charge in [0.15, 0.2) is 11.2 Å². The number of hydrogen-bond donors (Lipinski definition) is 1. The molecular formula is C20H14N2O7. The summed E-state index contributed by atoms with van der Waals surface area (Å²) in [6.45, 7) is 0.200. The molecule has 146 valence electrons. The Morgan fingerprint density at radius 3 is 2.31 bits per heavy atom. The summed E-state index contributed by atoms with van der Waals surface area (Å²) in [7, 11) is 0. The zero-order chi connectivity index (χ0) is 21.1.